The first kappa shape index (κ1) is 10.9. The van der Waals surface area contributed by atoms with Crippen molar-refractivity contribution in [1.82, 2.24) is 10.3 Å². The first-order valence-corrected chi connectivity index (χ1v) is 6.89. The van der Waals surface area contributed by atoms with Gasteiger partial charge >= 0.3 is 0 Å². The molecule has 1 N–H and O–H groups in total. The number of aryl methyl sites for hydroxylation is 1. The molecule has 2 aromatic rings. The lowest BCUT2D eigenvalue weighted by atomic mass is 10.0. The molecule has 1 aliphatic rings. The summed E-state index contributed by atoms with van der Waals surface area (Å²) in [7, 11) is 0. The molecule has 0 spiro atoms. The van der Waals surface area contributed by atoms with Crippen LogP contribution < -0.4 is 5.32 Å². The van der Waals surface area contributed by atoms with Crippen molar-refractivity contribution in [3.05, 3.63) is 40.9 Å². The largest absolute Gasteiger partial charge is 0.316 e. The predicted octanol–water partition coefficient (Wildman–Crippen LogP) is 3.20. The molecule has 0 amide bonds. The lowest BCUT2D eigenvalue weighted by molar-refractivity contribution is 0.737. The van der Waals surface area contributed by atoms with Gasteiger partial charge < -0.3 is 5.32 Å². The maximum Gasteiger partial charge on any atom is 0.123 e. The third-order valence-electron chi connectivity index (χ3n) is 3.30. The van der Waals surface area contributed by atoms with E-state index < -0.39 is 0 Å². The van der Waals surface area contributed by atoms with Crippen LogP contribution in [0.3, 0.4) is 0 Å². The van der Waals surface area contributed by atoms with Crippen LogP contribution in [0.5, 0.6) is 0 Å². The Kier molecular flexibility index (Phi) is 2.95. The van der Waals surface area contributed by atoms with Crippen LogP contribution in [0.4, 0.5) is 0 Å². The Morgan fingerprint density at radius 2 is 2.12 bits per heavy atom. The summed E-state index contributed by atoms with van der Waals surface area (Å²) in [4.78, 5) is 6.21. The van der Waals surface area contributed by atoms with Gasteiger partial charge in [0.2, 0.25) is 0 Å². The first-order chi connectivity index (χ1) is 8.34. The summed E-state index contributed by atoms with van der Waals surface area (Å²) >= 11 is 1.82. The highest BCUT2D eigenvalue weighted by molar-refractivity contribution is 7.15. The van der Waals surface area contributed by atoms with Gasteiger partial charge in [-0.1, -0.05) is 30.3 Å². The van der Waals surface area contributed by atoms with Crippen LogP contribution in [-0.4, -0.2) is 18.1 Å². The van der Waals surface area contributed by atoms with Crippen LogP contribution in [0, 0.1) is 6.92 Å². The molecular formula is C14H16N2S. The zero-order valence-corrected chi connectivity index (χ0v) is 10.8. The van der Waals surface area contributed by atoms with Crippen LogP contribution in [-0.2, 0) is 0 Å². The second kappa shape index (κ2) is 4.59. The van der Waals surface area contributed by atoms with Crippen LogP contribution in [0.25, 0.3) is 10.6 Å². The van der Waals surface area contributed by atoms with E-state index in [1.165, 1.54) is 22.6 Å². The number of hydrogen-bond donors (Lipinski definition) is 1. The number of hydrogen-bond acceptors (Lipinski definition) is 3. The molecule has 1 aromatic heterocycles. The molecule has 1 saturated heterocycles. The molecular weight excluding hydrogens is 228 g/mol. The summed E-state index contributed by atoms with van der Waals surface area (Å²) in [6.07, 6.45) is 1.22. The number of thiazole rings is 1. The lowest BCUT2D eigenvalue weighted by Gasteiger charge is -2.04. The molecule has 1 unspecified atom stereocenters. The summed E-state index contributed by atoms with van der Waals surface area (Å²) in [5, 5.41) is 4.57. The van der Waals surface area contributed by atoms with Crippen molar-refractivity contribution >= 4 is 11.3 Å². The van der Waals surface area contributed by atoms with E-state index in [9.17, 15) is 0 Å². The van der Waals surface area contributed by atoms with Gasteiger partial charge in [-0.25, -0.2) is 4.98 Å². The number of rotatable bonds is 2. The van der Waals surface area contributed by atoms with Gasteiger partial charge in [-0.2, -0.15) is 0 Å². The predicted molar refractivity (Wildman–Crippen MR) is 72.5 cm³/mol. The fraction of sp³-hybridized carbons (Fsp3) is 0.357. The maximum atomic E-state index is 4.84. The highest BCUT2D eigenvalue weighted by Gasteiger charge is 2.22. The minimum Gasteiger partial charge on any atom is -0.316 e. The van der Waals surface area contributed by atoms with Gasteiger partial charge in [-0.15, -0.1) is 11.3 Å². The van der Waals surface area contributed by atoms with Crippen LogP contribution in [0.1, 0.15) is 22.9 Å². The zero-order valence-electron chi connectivity index (χ0n) is 9.94. The smallest absolute Gasteiger partial charge is 0.123 e. The van der Waals surface area contributed by atoms with Gasteiger partial charge in [-0.05, 0) is 19.9 Å². The van der Waals surface area contributed by atoms with Crippen molar-refractivity contribution in [2.75, 3.05) is 13.1 Å². The van der Waals surface area contributed by atoms with Crippen LogP contribution in [0.15, 0.2) is 30.3 Å². The quantitative estimate of drug-likeness (QED) is 0.877. The molecule has 0 aliphatic carbocycles. The molecule has 3 heteroatoms. The second-order valence-electron chi connectivity index (χ2n) is 4.52. The number of benzene rings is 1. The Balaban J connectivity index is 1.95. The Labute approximate surface area is 106 Å². The van der Waals surface area contributed by atoms with Crippen LogP contribution >= 0.6 is 11.3 Å². The van der Waals surface area contributed by atoms with Crippen LogP contribution in [0.2, 0.25) is 0 Å². The normalized spacial score (nSPS) is 19.7. The molecule has 0 radical (unpaired) electrons. The van der Waals surface area contributed by atoms with Crippen molar-refractivity contribution in [3.63, 3.8) is 0 Å². The molecule has 1 fully saturated rings. The van der Waals surface area contributed by atoms with E-state index in [1.54, 1.807) is 0 Å². The average molecular weight is 244 g/mol. The van der Waals surface area contributed by atoms with Gasteiger partial charge in [0.25, 0.3) is 0 Å². The summed E-state index contributed by atoms with van der Waals surface area (Å²) in [6, 6.07) is 10.5. The number of nitrogens with zero attached hydrogens (tertiary/aromatic N) is 1. The highest BCUT2D eigenvalue weighted by Crippen LogP contribution is 2.33. The molecule has 1 atom stereocenters. The Hall–Kier alpha value is -1.19. The summed E-state index contributed by atoms with van der Waals surface area (Å²) in [5.41, 5.74) is 2.54. The van der Waals surface area contributed by atoms with E-state index in [1.807, 2.05) is 17.4 Å². The molecule has 0 saturated carbocycles. The van der Waals surface area contributed by atoms with E-state index in [4.69, 9.17) is 4.98 Å². The van der Waals surface area contributed by atoms with E-state index >= 15 is 0 Å². The van der Waals surface area contributed by atoms with Gasteiger partial charge in [0, 0.05) is 22.9 Å². The molecule has 2 nitrogen and oxygen atoms in total. The molecule has 2 heterocycles. The van der Waals surface area contributed by atoms with Crippen molar-refractivity contribution in [2.24, 2.45) is 0 Å². The third-order valence-corrected chi connectivity index (χ3v) is 4.34. The second-order valence-corrected chi connectivity index (χ2v) is 5.72. The van der Waals surface area contributed by atoms with Gasteiger partial charge in [-0.3, -0.25) is 0 Å². The Morgan fingerprint density at radius 3 is 2.82 bits per heavy atom. The number of aromatic nitrogens is 1. The van der Waals surface area contributed by atoms with E-state index in [2.05, 4.69) is 36.5 Å². The van der Waals surface area contributed by atoms with E-state index in [0.717, 1.165) is 18.1 Å². The third kappa shape index (κ3) is 2.13. The minimum absolute atomic E-state index is 0.615. The fourth-order valence-corrected chi connectivity index (χ4v) is 3.38. The molecule has 1 aromatic carbocycles. The van der Waals surface area contributed by atoms with E-state index in [-0.39, 0.29) is 0 Å². The van der Waals surface area contributed by atoms with Crippen molar-refractivity contribution in [2.45, 2.75) is 19.3 Å². The molecule has 1 aliphatic heterocycles. The van der Waals surface area contributed by atoms with Gasteiger partial charge in [0.15, 0.2) is 0 Å². The van der Waals surface area contributed by atoms with Gasteiger partial charge in [0.1, 0.15) is 5.01 Å². The topological polar surface area (TPSA) is 24.9 Å². The number of nitrogens with one attached hydrogen (secondary N) is 1. The van der Waals surface area contributed by atoms with Crippen molar-refractivity contribution in [3.8, 4) is 10.6 Å². The Morgan fingerprint density at radius 1 is 1.29 bits per heavy atom. The molecule has 17 heavy (non-hydrogen) atoms. The first-order valence-electron chi connectivity index (χ1n) is 6.08. The SMILES string of the molecule is Cc1sc(-c2ccccc2)nc1C1CCNC1. The monoisotopic (exact) mass is 244 g/mol. The minimum atomic E-state index is 0.615. The standard InChI is InChI=1S/C14H16N2S/c1-10-13(12-7-8-15-9-12)16-14(17-10)11-5-3-2-4-6-11/h2-6,12,15H,7-9H2,1H3. The van der Waals surface area contributed by atoms with Crippen molar-refractivity contribution in [1.29, 1.82) is 0 Å². The zero-order chi connectivity index (χ0) is 11.7. The Bertz CT molecular complexity index is 498. The molecule has 0 bridgehead atoms. The summed E-state index contributed by atoms with van der Waals surface area (Å²) in [5.74, 6) is 0.615. The lowest BCUT2D eigenvalue weighted by Crippen LogP contribution is -2.08. The van der Waals surface area contributed by atoms with Crippen molar-refractivity contribution < 1.29 is 0 Å². The fourth-order valence-electron chi connectivity index (χ4n) is 2.38. The van der Waals surface area contributed by atoms with Gasteiger partial charge in [0.05, 0.1) is 5.69 Å². The summed E-state index contributed by atoms with van der Waals surface area (Å²) in [6.45, 7) is 4.40. The average Bonchev–Trinajstić information content (AvgIpc) is 2.99. The molecule has 3 rings (SSSR count). The summed E-state index contributed by atoms with van der Waals surface area (Å²) < 4.78 is 0. The highest BCUT2D eigenvalue weighted by atomic mass is 32.1. The van der Waals surface area contributed by atoms with E-state index in [0.29, 0.717) is 5.92 Å². The maximum absolute atomic E-state index is 4.84. The molecule has 88 valence electrons.